The number of anilines is 2. The van der Waals surface area contributed by atoms with Gasteiger partial charge in [-0.1, -0.05) is 0 Å². The normalized spacial score (nSPS) is 13.4. The summed E-state index contributed by atoms with van der Waals surface area (Å²) in [7, 11) is 0. The fourth-order valence-electron chi connectivity index (χ4n) is 3.70. The lowest BCUT2D eigenvalue weighted by molar-refractivity contribution is 0.455. The van der Waals surface area contributed by atoms with Gasteiger partial charge in [0.25, 0.3) is 0 Å². The molecule has 146 valence electrons. The van der Waals surface area contributed by atoms with E-state index in [0.717, 1.165) is 46.5 Å². The molecule has 1 aliphatic carbocycles. The predicted molar refractivity (Wildman–Crippen MR) is 115 cm³/mol. The summed E-state index contributed by atoms with van der Waals surface area (Å²) < 4.78 is 6.16. The van der Waals surface area contributed by atoms with E-state index in [9.17, 15) is 0 Å². The number of rotatable bonds is 4. The number of nitrogens with zero attached hydrogens (tertiary/aromatic N) is 4. The first kappa shape index (κ1) is 19.2. The van der Waals surface area contributed by atoms with E-state index in [4.69, 9.17) is 16.6 Å². The van der Waals surface area contributed by atoms with E-state index in [0.29, 0.717) is 17.4 Å². The van der Waals surface area contributed by atoms with Crippen molar-refractivity contribution in [2.24, 2.45) is 0 Å². The van der Waals surface area contributed by atoms with E-state index in [1.807, 2.05) is 6.92 Å². The Morgan fingerprint density at radius 3 is 2.73 bits per heavy atom. The van der Waals surface area contributed by atoms with Crippen molar-refractivity contribution >= 4 is 17.2 Å². The highest BCUT2D eigenvalue weighted by molar-refractivity contribution is 5.76. The maximum atomic E-state index is 8.91. The van der Waals surface area contributed by atoms with Crippen molar-refractivity contribution in [1.82, 2.24) is 9.97 Å². The van der Waals surface area contributed by atoms with Crippen LogP contribution in [-0.2, 0) is 6.42 Å². The summed E-state index contributed by atoms with van der Waals surface area (Å²) in [4.78, 5) is 12.2. The lowest BCUT2D eigenvalue weighted by atomic mass is 9.98. The van der Waals surface area contributed by atoms with Gasteiger partial charge >= 0.3 is 0 Å². The van der Waals surface area contributed by atoms with Crippen molar-refractivity contribution < 1.29 is 4.74 Å². The summed E-state index contributed by atoms with van der Waals surface area (Å²) in [5.74, 6) is 1.65. The zero-order valence-electron chi connectivity index (χ0n) is 16.7. The molecule has 30 heavy (non-hydrogen) atoms. The maximum absolute atomic E-state index is 8.91. The van der Waals surface area contributed by atoms with Crippen LogP contribution in [0.3, 0.4) is 0 Å². The highest BCUT2D eigenvalue weighted by Crippen LogP contribution is 2.41. The summed E-state index contributed by atoms with van der Waals surface area (Å²) >= 11 is 0. The molecule has 0 aliphatic heterocycles. The third-order valence-electron chi connectivity index (χ3n) is 5.15. The summed E-state index contributed by atoms with van der Waals surface area (Å²) in [5.41, 5.74) is 6.94. The summed E-state index contributed by atoms with van der Waals surface area (Å²) in [6, 6.07) is 13.0. The lowest BCUT2D eigenvalue weighted by Gasteiger charge is -2.15. The van der Waals surface area contributed by atoms with E-state index >= 15 is 0 Å². The number of benzene rings is 2. The zero-order valence-corrected chi connectivity index (χ0v) is 16.7. The average molecular weight is 393 g/mol. The number of aromatic nitrogens is 2. The fourth-order valence-corrected chi connectivity index (χ4v) is 3.70. The van der Waals surface area contributed by atoms with Crippen LogP contribution in [0.5, 0.6) is 11.6 Å². The minimum atomic E-state index is 0.413. The molecule has 0 bridgehead atoms. The van der Waals surface area contributed by atoms with Gasteiger partial charge in [0, 0.05) is 18.0 Å². The minimum absolute atomic E-state index is 0.413. The number of allylic oxidation sites excluding steroid dienone is 1. The molecule has 6 nitrogen and oxygen atoms in total. The van der Waals surface area contributed by atoms with Gasteiger partial charge < -0.3 is 10.1 Å². The topological polar surface area (TPSA) is 75.2 Å². The molecule has 0 saturated carbocycles. The number of hydrogen-bond acceptors (Lipinski definition) is 5. The predicted octanol–water partition coefficient (Wildman–Crippen LogP) is 5.71. The number of hydrogen-bond donors (Lipinski definition) is 1. The van der Waals surface area contributed by atoms with Crippen LogP contribution in [-0.4, -0.2) is 9.97 Å². The Morgan fingerprint density at radius 1 is 1.20 bits per heavy atom. The van der Waals surface area contributed by atoms with Gasteiger partial charge in [0.1, 0.15) is 5.75 Å². The van der Waals surface area contributed by atoms with E-state index in [-0.39, 0.29) is 0 Å². The molecule has 0 atom stereocenters. The molecule has 4 rings (SSSR count). The third kappa shape index (κ3) is 3.72. The van der Waals surface area contributed by atoms with Crippen LogP contribution in [0.25, 0.3) is 10.4 Å². The SMILES string of the molecule is [C-]#[N+]C=C1CCc2c1cc(C)c(Oc1ccnc(Nc3ccc(C#N)cc3)n1)c2C. The van der Waals surface area contributed by atoms with E-state index in [1.165, 1.54) is 5.56 Å². The van der Waals surface area contributed by atoms with Crippen LogP contribution in [0, 0.1) is 31.8 Å². The van der Waals surface area contributed by atoms with E-state index in [2.05, 4.69) is 39.2 Å². The fraction of sp³-hybridized carbons (Fsp3) is 0.167. The molecule has 0 fully saturated rings. The van der Waals surface area contributed by atoms with Gasteiger partial charge in [0.15, 0.2) is 6.20 Å². The average Bonchev–Trinajstić information content (AvgIpc) is 3.15. The molecule has 1 aromatic heterocycles. The Morgan fingerprint density at radius 2 is 2.00 bits per heavy atom. The molecule has 0 spiro atoms. The van der Waals surface area contributed by atoms with Gasteiger partial charge in [0.05, 0.1) is 18.2 Å². The first-order valence-corrected chi connectivity index (χ1v) is 9.56. The second-order valence-electron chi connectivity index (χ2n) is 7.09. The van der Waals surface area contributed by atoms with Crippen molar-refractivity contribution in [1.29, 1.82) is 5.26 Å². The van der Waals surface area contributed by atoms with E-state index in [1.54, 1.807) is 42.7 Å². The monoisotopic (exact) mass is 393 g/mol. The molecule has 1 aliphatic rings. The molecule has 2 aromatic carbocycles. The summed E-state index contributed by atoms with van der Waals surface area (Å²) in [6.07, 6.45) is 5.06. The Bertz CT molecular complexity index is 1230. The number of ether oxygens (including phenoxy) is 1. The van der Waals surface area contributed by atoms with Crippen molar-refractivity contribution in [3.8, 4) is 17.7 Å². The number of fused-ring (bicyclic) bond motifs is 1. The number of aryl methyl sites for hydroxylation is 1. The van der Waals surface area contributed by atoms with Gasteiger partial charge in [0.2, 0.25) is 11.8 Å². The van der Waals surface area contributed by atoms with Crippen LogP contribution in [0.1, 0.15) is 34.2 Å². The van der Waals surface area contributed by atoms with Gasteiger partial charge in [-0.15, -0.1) is 0 Å². The molecular weight excluding hydrogens is 374 g/mol. The highest BCUT2D eigenvalue weighted by atomic mass is 16.5. The Balaban J connectivity index is 1.60. The van der Waals surface area contributed by atoms with E-state index < -0.39 is 0 Å². The van der Waals surface area contributed by atoms with Gasteiger partial charge in [-0.2, -0.15) is 10.2 Å². The van der Waals surface area contributed by atoms with Crippen LogP contribution < -0.4 is 10.1 Å². The van der Waals surface area contributed by atoms with Crippen LogP contribution in [0.2, 0.25) is 0 Å². The summed E-state index contributed by atoms with van der Waals surface area (Å²) in [6.45, 7) is 11.2. The summed E-state index contributed by atoms with van der Waals surface area (Å²) in [5, 5.41) is 12.0. The lowest BCUT2D eigenvalue weighted by Crippen LogP contribution is -2.01. The first-order chi connectivity index (χ1) is 14.6. The highest BCUT2D eigenvalue weighted by Gasteiger charge is 2.22. The van der Waals surface area contributed by atoms with Crippen LogP contribution in [0.4, 0.5) is 11.6 Å². The molecule has 1 heterocycles. The quantitative estimate of drug-likeness (QED) is 0.575. The molecule has 1 N–H and O–H groups in total. The van der Waals surface area contributed by atoms with Crippen molar-refractivity contribution in [2.45, 2.75) is 26.7 Å². The Kier molecular flexibility index (Phi) is 5.15. The van der Waals surface area contributed by atoms with Crippen LogP contribution in [0.15, 0.2) is 48.8 Å². The molecule has 0 amide bonds. The number of nitriles is 1. The number of nitrogens with one attached hydrogen (secondary N) is 1. The zero-order chi connectivity index (χ0) is 21.1. The van der Waals surface area contributed by atoms with Crippen molar-refractivity contribution in [3.63, 3.8) is 0 Å². The Hall–Kier alpha value is -4.16. The standard InChI is InChI=1S/C24H19N5O/c1-15-12-21-18(14-26-3)6-9-20(21)16(2)23(15)30-22-10-11-27-24(29-22)28-19-7-4-17(13-25)5-8-19/h4-5,7-8,10-12,14H,6,9H2,1-2H3,(H,27,28,29). The second-order valence-corrected chi connectivity index (χ2v) is 7.09. The first-order valence-electron chi connectivity index (χ1n) is 9.56. The van der Waals surface area contributed by atoms with Gasteiger partial charge in [-0.25, -0.2) is 9.83 Å². The third-order valence-corrected chi connectivity index (χ3v) is 5.15. The van der Waals surface area contributed by atoms with Gasteiger partial charge in [-0.05, 0) is 84.8 Å². The molecule has 3 aromatic rings. The Labute approximate surface area is 175 Å². The smallest absolute Gasteiger partial charge is 0.230 e. The molecular formula is C24H19N5O. The molecule has 0 saturated heterocycles. The molecule has 6 heteroatoms. The molecule has 0 unspecified atom stereocenters. The van der Waals surface area contributed by atoms with Gasteiger partial charge in [-0.3, -0.25) is 0 Å². The minimum Gasteiger partial charge on any atom is -0.438 e. The molecule has 0 radical (unpaired) electrons. The van der Waals surface area contributed by atoms with Crippen LogP contribution >= 0.6 is 0 Å². The second kappa shape index (κ2) is 8.06. The van der Waals surface area contributed by atoms with Crippen molar-refractivity contribution in [2.75, 3.05) is 5.32 Å². The largest absolute Gasteiger partial charge is 0.438 e. The van der Waals surface area contributed by atoms with Crippen molar-refractivity contribution in [3.05, 3.63) is 88.0 Å². The maximum Gasteiger partial charge on any atom is 0.230 e.